The van der Waals surface area contributed by atoms with E-state index in [0.29, 0.717) is 50.6 Å². The van der Waals surface area contributed by atoms with Crippen LogP contribution in [0.4, 0.5) is 0 Å². The monoisotopic (exact) mass is 754 g/mol. The van der Waals surface area contributed by atoms with Crippen molar-refractivity contribution in [1.29, 1.82) is 0 Å². The van der Waals surface area contributed by atoms with Gasteiger partial charge >= 0.3 is 0 Å². The molecule has 3 rings (SSSR count). The third-order valence-corrected chi connectivity index (χ3v) is 10.6. The number of aromatic hydroxyl groups is 1. The van der Waals surface area contributed by atoms with Crippen LogP contribution in [0.3, 0.4) is 0 Å². The molecule has 0 aliphatic carbocycles. The summed E-state index contributed by atoms with van der Waals surface area (Å²) in [6.07, 6.45) is 2.26. The third-order valence-electron chi connectivity index (χ3n) is 10.6. The van der Waals surface area contributed by atoms with Gasteiger partial charge in [0, 0.05) is 34.1 Å². The van der Waals surface area contributed by atoms with Crippen LogP contribution in [0.2, 0.25) is 0 Å². The number of hydrogen-bond acceptors (Lipinski definition) is 7. The van der Waals surface area contributed by atoms with E-state index in [1.807, 2.05) is 55.4 Å². The maximum atomic E-state index is 14.7. The Morgan fingerprint density at radius 1 is 0.593 bits per heavy atom. The number of nitrogens with one attached hydrogen (secondary N) is 2. The molecule has 0 bridgehead atoms. The van der Waals surface area contributed by atoms with Crippen molar-refractivity contribution in [1.82, 2.24) is 30.2 Å². The summed E-state index contributed by atoms with van der Waals surface area (Å²) in [5.41, 5.74) is 0.689. The second kappa shape index (κ2) is 19.4. The zero-order valence-corrected chi connectivity index (χ0v) is 34.4. The molecule has 2 fully saturated rings. The van der Waals surface area contributed by atoms with Crippen molar-refractivity contribution in [2.75, 3.05) is 27.7 Å². The normalized spacial score (nSPS) is 25.8. The fourth-order valence-electron chi connectivity index (χ4n) is 7.59. The Kier molecular flexibility index (Phi) is 15.9. The summed E-state index contributed by atoms with van der Waals surface area (Å²) in [5.74, 6) is -2.57. The smallest absolute Gasteiger partial charge is 0.246 e. The van der Waals surface area contributed by atoms with Gasteiger partial charge in [0.25, 0.3) is 0 Å². The second-order valence-corrected chi connectivity index (χ2v) is 17.1. The highest BCUT2D eigenvalue weighted by molar-refractivity contribution is 5.98. The molecular weight excluding hydrogens is 688 g/mol. The first-order chi connectivity index (χ1) is 25.2. The summed E-state index contributed by atoms with van der Waals surface area (Å²) in [5, 5.41) is 15.8. The highest BCUT2D eigenvalue weighted by atomic mass is 16.3. The zero-order valence-electron chi connectivity index (χ0n) is 34.4. The lowest BCUT2D eigenvalue weighted by atomic mass is 9.95. The predicted octanol–water partition coefficient (Wildman–Crippen LogP) is 3.57. The van der Waals surface area contributed by atoms with Crippen molar-refractivity contribution < 1.29 is 33.9 Å². The van der Waals surface area contributed by atoms with Crippen LogP contribution in [0.25, 0.3) is 0 Å². The van der Waals surface area contributed by atoms with Gasteiger partial charge in [-0.05, 0) is 79.9 Å². The van der Waals surface area contributed by atoms with Crippen molar-refractivity contribution in [3.8, 4) is 5.75 Å². The van der Waals surface area contributed by atoms with Gasteiger partial charge < -0.3 is 35.3 Å². The summed E-state index contributed by atoms with van der Waals surface area (Å²) in [7, 11) is 4.67. The quantitative estimate of drug-likeness (QED) is 0.330. The Bertz CT molecular complexity index is 1480. The Morgan fingerprint density at radius 3 is 1.61 bits per heavy atom. The molecule has 2 aliphatic rings. The van der Waals surface area contributed by atoms with Gasteiger partial charge in [-0.1, -0.05) is 67.5 Å². The summed E-state index contributed by atoms with van der Waals surface area (Å²) in [4.78, 5) is 92.2. The number of fused-ring (bicyclic) bond motifs is 1. The van der Waals surface area contributed by atoms with Crippen LogP contribution in [-0.4, -0.2) is 124 Å². The molecule has 3 N–H and O–H groups in total. The number of nitrogens with zero attached hydrogens (tertiary/aromatic N) is 4. The predicted molar refractivity (Wildman–Crippen MR) is 208 cm³/mol. The maximum Gasteiger partial charge on any atom is 0.246 e. The standard InChI is InChI=1S/C41H66N6O7/c1-24(2)19-30-36(49)43-31(20-25(3)4)38(51)47-18-12-13-32(47)39(52)46(11)35(23-28-14-16-29(48)17-15-28)41(54)45(10)34(22-27(7)8)40(53)44(9)33(21-26(5)6)37(50)42-30/h14-17,24-27,30-35,48H,12-13,18-23H2,1-11H3,(H,42,50)(H,43,49)/t30-,31-,32+,33+,34-,35-/m0/s1. The van der Waals surface area contributed by atoms with Gasteiger partial charge in [-0.2, -0.15) is 0 Å². The van der Waals surface area contributed by atoms with E-state index in [0.717, 1.165) is 0 Å². The molecule has 13 nitrogen and oxygen atoms in total. The molecule has 2 aliphatic heterocycles. The summed E-state index contributed by atoms with van der Waals surface area (Å²) < 4.78 is 0. The third kappa shape index (κ3) is 11.4. The molecule has 0 radical (unpaired) electrons. The number of phenolic OH excluding ortho intramolecular Hbond substituents is 1. The number of hydrogen-bond donors (Lipinski definition) is 3. The fourth-order valence-corrected chi connectivity index (χ4v) is 7.59. The SMILES string of the molecule is CC(C)C[C@@H]1NC(=O)[C@@H](CC(C)C)N(C)C(=O)[C@H](CC(C)C)N(C)C(=O)[C@H](Cc2ccc(O)cc2)N(C)C(=O)[C@H]2CCCN2C(=O)[C@H](CC(C)C)NC1=O. The highest BCUT2D eigenvalue weighted by Gasteiger charge is 2.44. The Labute approximate surface area is 322 Å². The maximum absolute atomic E-state index is 14.7. The molecule has 1 aromatic rings. The van der Waals surface area contributed by atoms with Crippen LogP contribution in [0, 0.1) is 23.7 Å². The van der Waals surface area contributed by atoms with E-state index in [1.165, 1.54) is 31.7 Å². The molecule has 13 heteroatoms. The fraction of sp³-hybridized carbons (Fsp3) is 0.707. The minimum Gasteiger partial charge on any atom is -0.508 e. The summed E-state index contributed by atoms with van der Waals surface area (Å²) >= 11 is 0. The Balaban J connectivity index is 2.24. The van der Waals surface area contributed by atoms with E-state index in [1.54, 1.807) is 33.3 Å². The van der Waals surface area contributed by atoms with Crippen LogP contribution in [0.5, 0.6) is 5.75 Å². The first-order valence-corrected chi connectivity index (χ1v) is 19.7. The number of rotatable bonds is 10. The van der Waals surface area contributed by atoms with E-state index >= 15 is 0 Å². The molecule has 0 spiro atoms. The molecule has 0 aromatic heterocycles. The molecule has 2 heterocycles. The van der Waals surface area contributed by atoms with E-state index < -0.39 is 65.8 Å². The van der Waals surface area contributed by atoms with Gasteiger partial charge in [0.05, 0.1) is 0 Å². The van der Waals surface area contributed by atoms with Crippen molar-refractivity contribution in [3.05, 3.63) is 29.8 Å². The molecule has 0 saturated carbocycles. The number of likely N-dealkylation sites (N-methyl/N-ethyl adjacent to an activating group) is 3. The molecule has 6 atom stereocenters. The molecule has 6 amide bonds. The average molecular weight is 755 g/mol. The van der Waals surface area contributed by atoms with Gasteiger partial charge in [-0.3, -0.25) is 28.8 Å². The molecule has 302 valence electrons. The number of carbonyl (C=O) groups is 6. The van der Waals surface area contributed by atoms with Gasteiger partial charge in [0.15, 0.2) is 0 Å². The number of phenols is 1. The summed E-state index contributed by atoms with van der Waals surface area (Å²) in [6, 6.07) is 0.622. The molecule has 0 unspecified atom stereocenters. The second-order valence-electron chi connectivity index (χ2n) is 17.1. The first kappa shape index (κ1) is 44.2. The lowest BCUT2D eigenvalue weighted by Crippen LogP contribution is -2.62. The van der Waals surface area contributed by atoms with Crippen LogP contribution < -0.4 is 10.6 Å². The first-order valence-electron chi connectivity index (χ1n) is 19.7. The van der Waals surface area contributed by atoms with Gasteiger partial charge in [0.1, 0.15) is 42.0 Å². The van der Waals surface area contributed by atoms with Crippen molar-refractivity contribution >= 4 is 35.4 Å². The molecule has 1 aromatic carbocycles. The van der Waals surface area contributed by atoms with E-state index in [4.69, 9.17) is 0 Å². The minimum absolute atomic E-state index is 0.00458. The lowest BCUT2D eigenvalue weighted by Gasteiger charge is -2.40. The largest absolute Gasteiger partial charge is 0.508 e. The minimum atomic E-state index is -1.06. The molecule has 54 heavy (non-hydrogen) atoms. The Hall–Kier alpha value is -4.16. The zero-order chi connectivity index (χ0) is 40.6. The number of benzene rings is 1. The van der Waals surface area contributed by atoms with E-state index in [-0.39, 0.29) is 41.7 Å². The van der Waals surface area contributed by atoms with Crippen molar-refractivity contribution in [2.24, 2.45) is 23.7 Å². The van der Waals surface area contributed by atoms with Crippen molar-refractivity contribution in [2.45, 2.75) is 137 Å². The lowest BCUT2D eigenvalue weighted by molar-refractivity contribution is -0.154. The van der Waals surface area contributed by atoms with Crippen LogP contribution in [0.15, 0.2) is 24.3 Å². The molecule has 2 saturated heterocycles. The number of carbonyl (C=O) groups excluding carboxylic acids is 6. The van der Waals surface area contributed by atoms with Crippen molar-refractivity contribution in [3.63, 3.8) is 0 Å². The van der Waals surface area contributed by atoms with Gasteiger partial charge in [-0.15, -0.1) is 0 Å². The Morgan fingerprint density at radius 2 is 1.06 bits per heavy atom. The highest BCUT2D eigenvalue weighted by Crippen LogP contribution is 2.26. The van der Waals surface area contributed by atoms with Gasteiger partial charge in [0.2, 0.25) is 35.4 Å². The summed E-state index contributed by atoms with van der Waals surface area (Å²) in [6.45, 7) is 15.9. The topological polar surface area (TPSA) is 160 Å². The number of amides is 6. The van der Waals surface area contributed by atoms with E-state index in [2.05, 4.69) is 10.6 Å². The van der Waals surface area contributed by atoms with Gasteiger partial charge in [-0.25, -0.2) is 0 Å². The molecular formula is C41H66N6O7. The van der Waals surface area contributed by atoms with Crippen LogP contribution >= 0.6 is 0 Å². The van der Waals surface area contributed by atoms with Crippen LogP contribution in [0.1, 0.15) is 99.5 Å². The van der Waals surface area contributed by atoms with Crippen LogP contribution in [-0.2, 0) is 35.2 Å². The van der Waals surface area contributed by atoms with E-state index in [9.17, 15) is 33.9 Å². The average Bonchev–Trinajstić information content (AvgIpc) is 3.59.